The molecule has 3 heterocycles. The maximum Gasteiger partial charge on any atom is 0.267 e. The summed E-state index contributed by atoms with van der Waals surface area (Å²) >= 11 is 0. The van der Waals surface area contributed by atoms with Crippen LogP contribution in [0.2, 0.25) is 0 Å². The number of likely N-dealkylation sites (tertiary alicyclic amines) is 1. The van der Waals surface area contributed by atoms with Gasteiger partial charge in [0.25, 0.3) is 5.91 Å². The molecule has 1 aromatic carbocycles. The number of para-hydroxylation sites is 2. The highest BCUT2D eigenvalue weighted by Gasteiger charge is 2.32. The Balaban J connectivity index is 1.27. The Kier molecular flexibility index (Phi) is 4.59. The number of nitrogens with zero attached hydrogens (tertiary/aromatic N) is 3. The maximum atomic E-state index is 12.7. The number of rotatable bonds is 4. The summed E-state index contributed by atoms with van der Waals surface area (Å²) in [5.41, 5.74) is 0. The Morgan fingerprint density at radius 3 is 2.72 bits per heavy atom. The van der Waals surface area contributed by atoms with E-state index in [0.717, 1.165) is 38.9 Å². The van der Waals surface area contributed by atoms with Gasteiger partial charge in [0.15, 0.2) is 11.5 Å². The lowest BCUT2D eigenvalue weighted by Gasteiger charge is -2.35. The first-order valence-corrected chi connectivity index (χ1v) is 8.94. The van der Waals surface area contributed by atoms with Crippen LogP contribution in [0.4, 0.5) is 0 Å². The van der Waals surface area contributed by atoms with Gasteiger partial charge in [-0.2, -0.15) is 5.10 Å². The van der Waals surface area contributed by atoms with Gasteiger partial charge in [-0.05, 0) is 43.4 Å². The molecule has 0 spiro atoms. The van der Waals surface area contributed by atoms with Crippen molar-refractivity contribution in [2.45, 2.75) is 31.9 Å². The van der Waals surface area contributed by atoms with Crippen molar-refractivity contribution >= 4 is 5.91 Å². The molecule has 0 aliphatic carbocycles. The Hall–Kier alpha value is -2.50. The summed E-state index contributed by atoms with van der Waals surface area (Å²) in [6, 6.07) is 9.45. The van der Waals surface area contributed by atoms with E-state index in [1.54, 1.807) is 0 Å². The molecule has 2 aromatic rings. The average molecular weight is 341 g/mol. The summed E-state index contributed by atoms with van der Waals surface area (Å²) in [6.07, 6.45) is 6.47. The first-order valence-electron chi connectivity index (χ1n) is 8.94. The monoisotopic (exact) mass is 341 g/mol. The Morgan fingerprint density at radius 2 is 1.96 bits per heavy atom. The highest BCUT2D eigenvalue weighted by Crippen LogP contribution is 2.31. The molecule has 6 nitrogen and oxygen atoms in total. The van der Waals surface area contributed by atoms with Crippen LogP contribution in [0.5, 0.6) is 11.5 Å². The van der Waals surface area contributed by atoms with Crippen LogP contribution in [0.25, 0.3) is 0 Å². The van der Waals surface area contributed by atoms with E-state index in [0.29, 0.717) is 17.4 Å². The molecule has 4 rings (SSSR count). The molecule has 1 unspecified atom stereocenters. The lowest BCUT2D eigenvalue weighted by molar-refractivity contribution is -0.142. The topological polar surface area (TPSA) is 56.6 Å². The van der Waals surface area contributed by atoms with E-state index in [4.69, 9.17) is 9.47 Å². The van der Waals surface area contributed by atoms with E-state index in [2.05, 4.69) is 5.10 Å². The molecule has 2 aliphatic rings. The number of piperidine rings is 1. The summed E-state index contributed by atoms with van der Waals surface area (Å²) < 4.78 is 13.5. The molecule has 1 atom stereocenters. The fourth-order valence-corrected chi connectivity index (χ4v) is 3.53. The zero-order valence-electron chi connectivity index (χ0n) is 14.2. The fourth-order valence-electron chi connectivity index (χ4n) is 3.53. The van der Waals surface area contributed by atoms with Gasteiger partial charge >= 0.3 is 0 Å². The summed E-state index contributed by atoms with van der Waals surface area (Å²) in [7, 11) is 0. The maximum absolute atomic E-state index is 12.7. The van der Waals surface area contributed by atoms with Crippen LogP contribution in [0, 0.1) is 5.92 Å². The number of benzene rings is 1. The van der Waals surface area contributed by atoms with Crippen molar-refractivity contribution in [2.75, 3.05) is 19.7 Å². The van der Waals surface area contributed by atoms with Gasteiger partial charge in [0.1, 0.15) is 6.61 Å². The highest BCUT2D eigenvalue weighted by molar-refractivity contribution is 5.82. The van der Waals surface area contributed by atoms with Gasteiger partial charge in [-0.1, -0.05) is 12.1 Å². The molecule has 0 saturated carbocycles. The zero-order chi connectivity index (χ0) is 17.1. The van der Waals surface area contributed by atoms with E-state index in [9.17, 15) is 4.79 Å². The van der Waals surface area contributed by atoms with E-state index in [1.807, 2.05) is 52.3 Å². The van der Waals surface area contributed by atoms with Gasteiger partial charge in [-0.15, -0.1) is 0 Å². The number of carbonyl (C=O) groups is 1. The van der Waals surface area contributed by atoms with E-state index < -0.39 is 6.10 Å². The van der Waals surface area contributed by atoms with Gasteiger partial charge in [0, 0.05) is 32.0 Å². The third-order valence-electron chi connectivity index (χ3n) is 5.04. The Labute approximate surface area is 147 Å². The number of aryl methyl sites for hydroxylation is 1. The Bertz CT molecular complexity index is 708. The summed E-state index contributed by atoms with van der Waals surface area (Å²) in [5, 5.41) is 4.25. The number of hydrogen-bond acceptors (Lipinski definition) is 4. The van der Waals surface area contributed by atoms with Crippen molar-refractivity contribution in [3.8, 4) is 11.5 Å². The highest BCUT2D eigenvalue weighted by atomic mass is 16.6. The second-order valence-corrected chi connectivity index (χ2v) is 6.69. The summed E-state index contributed by atoms with van der Waals surface area (Å²) in [4.78, 5) is 14.6. The number of ether oxygens (including phenoxy) is 2. The van der Waals surface area contributed by atoms with Crippen molar-refractivity contribution in [1.29, 1.82) is 0 Å². The number of amides is 1. The third kappa shape index (κ3) is 3.62. The van der Waals surface area contributed by atoms with Crippen molar-refractivity contribution in [1.82, 2.24) is 14.7 Å². The van der Waals surface area contributed by atoms with Gasteiger partial charge < -0.3 is 14.4 Å². The molecular formula is C19H23N3O3. The molecule has 1 fully saturated rings. The molecule has 1 amide bonds. The molecule has 132 valence electrons. The molecule has 0 N–H and O–H groups in total. The van der Waals surface area contributed by atoms with Gasteiger partial charge in [-0.25, -0.2) is 0 Å². The quantitative estimate of drug-likeness (QED) is 0.857. The van der Waals surface area contributed by atoms with E-state index in [-0.39, 0.29) is 12.5 Å². The lowest BCUT2D eigenvalue weighted by Crippen LogP contribution is -2.49. The molecule has 1 saturated heterocycles. The van der Waals surface area contributed by atoms with Crippen LogP contribution in [0.1, 0.15) is 19.3 Å². The van der Waals surface area contributed by atoms with Crippen LogP contribution >= 0.6 is 0 Å². The molecule has 0 bridgehead atoms. The number of hydrogen-bond donors (Lipinski definition) is 0. The van der Waals surface area contributed by atoms with Crippen molar-refractivity contribution in [3.05, 3.63) is 42.7 Å². The standard InChI is InChI=1S/C19H23N3O3/c23-19(18-14-24-16-4-1-2-5-17(16)25-18)21-11-6-15(7-12-21)8-13-22-10-3-9-20-22/h1-5,9-10,15,18H,6-8,11-14H2. The molecular weight excluding hydrogens is 318 g/mol. The summed E-state index contributed by atoms with van der Waals surface area (Å²) in [6.45, 7) is 2.82. The van der Waals surface area contributed by atoms with Crippen molar-refractivity contribution in [3.63, 3.8) is 0 Å². The number of fused-ring (bicyclic) bond motifs is 1. The minimum Gasteiger partial charge on any atom is -0.485 e. The second-order valence-electron chi connectivity index (χ2n) is 6.69. The molecule has 2 aliphatic heterocycles. The smallest absolute Gasteiger partial charge is 0.267 e. The number of aromatic nitrogens is 2. The minimum atomic E-state index is -0.532. The predicted octanol–water partition coefficient (Wildman–Crippen LogP) is 2.35. The van der Waals surface area contributed by atoms with Crippen LogP contribution < -0.4 is 9.47 Å². The molecule has 0 radical (unpaired) electrons. The number of carbonyl (C=O) groups excluding carboxylic acids is 1. The normalized spacial score (nSPS) is 20.5. The van der Waals surface area contributed by atoms with Gasteiger partial charge in [0.2, 0.25) is 6.10 Å². The van der Waals surface area contributed by atoms with Gasteiger partial charge in [0.05, 0.1) is 0 Å². The third-order valence-corrected chi connectivity index (χ3v) is 5.04. The second kappa shape index (κ2) is 7.17. The van der Waals surface area contributed by atoms with Crippen LogP contribution in [0.15, 0.2) is 42.7 Å². The SMILES string of the molecule is O=C(C1COc2ccccc2O1)N1CCC(CCn2cccn2)CC1. The Morgan fingerprint density at radius 1 is 1.16 bits per heavy atom. The van der Waals surface area contributed by atoms with Crippen LogP contribution in [-0.2, 0) is 11.3 Å². The van der Waals surface area contributed by atoms with E-state index in [1.165, 1.54) is 0 Å². The predicted molar refractivity (Wildman–Crippen MR) is 92.5 cm³/mol. The zero-order valence-corrected chi connectivity index (χ0v) is 14.2. The molecule has 25 heavy (non-hydrogen) atoms. The van der Waals surface area contributed by atoms with Crippen molar-refractivity contribution in [2.24, 2.45) is 5.92 Å². The van der Waals surface area contributed by atoms with Gasteiger partial charge in [-0.3, -0.25) is 9.48 Å². The first-order chi connectivity index (χ1) is 12.3. The lowest BCUT2D eigenvalue weighted by atomic mass is 9.93. The fraction of sp³-hybridized carbons (Fsp3) is 0.474. The van der Waals surface area contributed by atoms with E-state index >= 15 is 0 Å². The molecule has 1 aromatic heterocycles. The first kappa shape index (κ1) is 16.0. The van der Waals surface area contributed by atoms with Crippen LogP contribution in [-0.4, -0.2) is 46.4 Å². The largest absolute Gasteiger partial charge is 0.485 e. The summed E-state index contributed by atoms with van der Waals surface area (Å²) in [5.74, 6) is 2.06. The van der Waals surface area contributed by atoms with Crippen LogP contribution in [0.3, 0.4) is 0 Å². The minimum absolute atomic E-state index is 0.0417. The molecule has 6 heteroatoms. The van der Waals surface area contributed by atoms with Crippen molar-refractivity contribution < 1.29 is 14.3 Å². The average Bonchev–Trinajstić information content (AvgIpc) is 3.19.